The molecule has 1 aromatic carbocycles. The summed E-state index contributed by atoms with van der Waals surface area (Å²) in [6.07, 6.45) is 0.634. The highest BCUT2D eigenvalue weighted by atomic mass is 35.5. The Balaban J connectivity index is 2.31. The Morgan fingerprint density at radius 2 is 2.00 bits per heavy atom. The molecule has 0 atom stereocenters. The number of anilines is 1. The smallest absolute Gasteiger partial charge is 0.152 e. The van der Waals surface area contributed by atoms with Gasteiger partial charge in [0, 0.05) is 19.0 Å². The summed E-state index contributed by atoms with van der Waals surface area (Å²) in [5, 5.41) is 0.632. The third-order valence-corrected chi connectivity index (χ3v) is 5.39. The summed E-state index contributed by atoms with van der Waals surface area (Å²) in [4.78, 5) is 2.03. The molecule has 1 heterocycles. The van der Waals surface area contributed by atoms with Gasteiger partial charge in [-0.25, -0.2) is 8.42 Å². The standard InChI is InChI=1S/C12H15Cl2NO2S/c13-9-10-3-1-4-11(14)12(10)15-5-2-7-18(16,17)8-6-15/h1,3-4H,2,5-9H2. The molecule has 0 N–H and O–H groups in total. The number of benzene rings is 1. The first-order valence-electron chi connectivity index (χ1n) is 5.82. The third-order valence-electron chi connectivity index (χ3n) is 3.09. The van der Waals surface area contributed by atoms with Gasteiger partial charge < -0.3 is 4.90 Å². The lowest BCUT2D eigenvalue weighted by Gasteiger charge is -2.25. The molecule has 6 heteroatoms. The lowest BCUT2D eigenvalue weighted by molar-refractivity contribution is 0.597. The molecule has 1 saturated heterocycles. The van der Waals surface area contributed by atoms with Gasteiger partial charge in [-0.15, -0.1) is 11.6 Å². The van der Waals surface area contributed by atoms with Gasteiger partial charge in [0.05, 0.1) is 22.2 Å². The maximum Gasteiger partial charge on any atom is 0.152 e. The van der Waals surface area contributed by atoms with Crippen molar-refractivity contribution in [3.63, 3.8) is 0 Å². The number of hydrogen-bond donors (Lipinski definition) is 0. The molecule has 0 aromatic heterocycles. The van der Waals surface area contributed by atoms with Gasteiger partial charge >= 0.3 is 0 Å². The van der Waals surface area contributed by atoms with Crippen LogP contribution in [-0.4, -0.2) is 33.0 Å². The Morgan fingerprint density at radius 1 is 1.22 bits per heavy atom. The van der Waals surface area contributed by atoms with Crippen molar-refractivity contribution in [3.05, 3.63) is 28.8 Å². The van der Waals surface area contributed by atoms with Gasteiger partial charge in [0.25, 0.3) is 0 Å². The van der Waals surface area contributed by atoms with Crippen LogP contribution in [0.3, 0.4) is 0 Å². The second-order valence-corrected chi connectivity index (χ2v) is 7.35. The van der Waals surface area contributed by atoms with Gasteiger partial charge in [-0.2, -0.15) is 0 Å². The normalized spacial score (nSPS) is 19.6. The first kappa shape index (κ1) is 14.0. The van der Waals surface area contributed by atoms with E-state index in [2.05, 4.69) is 0 Å². The topological polar surface area (TPSA) is 37.4 Å². The van der Waals surface area contributed by atoms with Gasteiger partial charge in [0.2, 0.25) is 0 Å². The summed E-state index contributed by atoms with van der Waals surface area (Å²) in [7, 11) is -2.91. The van der Waals surface area contributed by atoms with Gasteiger partial charge in [-0.1, -0.05) is 23.7 Å². The quantitative estimate of drug-likeness (QED) is 0.788. The summed E-state index contributed by atoms with van der Waals surface area (Å²) >= 11 is 12.1. The maximum absolute atomic E-state index is 11.6. The molecule has 0 amide bonds. The molecule has 0 bridgehead atoms. The van der Waals surface area contributed by atoms with Crippen molar-refractivity contribution in [2.24, 2.45) is 0 Å². The van der Waals surface area contributed by atoms with Crippen LogP contribution in [0, 0.1) is 0 Å². The van der Waals surface area contributed by atoms with Crippen molar-refractivity contribution < 1.29 is 8.42 Å². The van der Waals surface area contributed by atoms with Crippen molar-refractivity contribution in [1.29, 1.82) is 0 Å². The minimum atomic E-state index is -2.91. The second kappa shape index (κ2) is 5.68. The fourth-order valence-corrected chi connectivity index (χ4v) is 3.98. The number of halogens is 2. The van der Waals surface area contributed by atoms with Crippen LogP contribution in [0.25, 0.3) is 0 Å². The molecule has 0 radical (unpaired) electrons. The van der Waals surface area contributed by atoms with E-state index in [-0.39, 0.29) is 11.5 Å². The van der Waals surface area contributed by atoms with Crippen LogP contribution in [0.1, 0.15) is 12.0 Å². The molecular formula is C12H15Cl2NO2S. The van der Waals surface area contributed by atoms with Crippen LogP contribution in [0.4, 0.5) is 5.69 Å². The van der Waals surface area contributed by atoms with E-state index in [4.69, 9.17) is 23.2 Å². The molecule has 0 aliphatic carbocycles. The third kappa shape index (κ3) is 3.11. The molecule has 0 saturated carbocycles. The van der Waals surface area contributed by atoms with Crippen LogP contribution in [0.2, 0.25) is 5.02 Å². The van der Waals surface area contributed by atoms with Crippen LogP contribution in [0.15, 0.2) is 18.2 Å². The van der Waals surface area contributed by atoms with E-state index in [1.165, 1.54) is 0 Å². The van der Waals surface area contributed by atoms with Gasteiger partial charge in [0.15, 0.2) is 9.84 Å². The van der Waals surface area contributed by atoms with Crippen molar-refractivity contribution in [2.45, 2.75) is 12.3 Å². The Bertz CT molecular complexity index is 531. The van der Waals surface area contributed by atoms with E-state index in [1.54, 1.807) is 0 Å². The van der Waals surface area contributed by atoms with Crippen LogP contribution < -0.4 is 4.90 Å². The number of alkyl halides is 1. The molecular weight excluding hydrogens is 293 g/mol. The number of rotatable bonds is 2. The lowest BCUT2D eigenvalue weighted by Crippen LogP contribution is -2.27. The Morgan fingerprint density at radius 3 is 2.72 bits per heavy atom. The van der Waals surface area contributed by atoms with E-state index in [1.807, 2.05) is 23.1 Å². The predicted molar refractivity (Wildman–Crippen MR) is 76.5 cm³/mol. The molecule has 2 rings (SSSR count). The lowest BCUT2D eigenvalue weighted by atomic mass is 10.1. The highest BCUT2D eigenvalue weighted by Crippen LogP contribution is 2.31. The highest BCUT2D eigenvalue weighted by Gasteiger charge is 2.22. The number of sulfone groups is 1. The molecule has 100 valence electrons. The van der Waals surface area contributed by atoms with E-state index in [0.717, 1.165) is 11.3 Å². The minimum absolute atomic E-state index is 0.181. The van der Waals surface area contributed by atoms with Crippen molar-refractivity contribution in [3.8, 4) is 0 Å². The molecule has 1 fully saturated rings. The minimum Gasteiger partial charge on any atom is -0.369 e. The van der Waals surface area contributed by atoms with Gasteiger partial charge in [-0.3, -0.25) is 0 Å². The van der Waals surface area contributed by atoms with Crippen molar-refractivity contribution in [2.75, 3.05) is 29.5 Å². The fraction of sp³-hybridized carbons (Fsp3) is 0.500. The molecule has 18 heavy (non-hydrogen) atoms. The zero-order chi connectivity index (χ0) is 13.2. The Hall–Kier alpha value is -0.450. The maximum atomic E-state index is 11.6. The predicted octanol–water partition coefficient (Wildman–Crippen LogP) is 2.70. The number of nitrogens with zero attached hydrogens (tertiary/aromatic N) is 1. The SMILES string of the molecule is O=S1(=O)CCCN(c2c(Cl)cccc2CCl)CC1. The average molecular weight is 308 g/mol. The Kier molecular flexibility index (Phi) is 4.41. The van der Waals surface area contributed by atoms with E-state index in [9.17, 15) is 8.42 Å². The van der Waals surface area contributed by atoms with E-state index >= 15 is 0 Å². The summed E-state index contributed by atoms with van der Waals surface area (Å²) in [6.45, 7) is 1.18. The molecule has 0 spiro atoms. The summed E-state index contributed by atoms with van der Waals surface area (Å²) < 4.78 is 23.2. The second-order valence-electron chi connectivity index (χ2n) is 4.37. The summed E-state index contributed by atoms with van der Waals surface area (Å²) in [6, 6.07) is 5.60. The molecule has 1 aliphatic heterocycles. The highest BCUT2D eigenvalue weighted by molar-refractivity contribution is 7.91. The first-order chi connectivity index (χ1) is 8.53. The zero-order valence-electron chi connectivity index (χ0n) is 9.90. The van der Waals surface area contributed by atoms with Crippen molar-refractivity contribution >= 4 is 38.7 Å². The zero-order valence-corrected chi connectivity index (χ0v) is 12.2. The molecule has 1 aromatic rings. The van der Waals surface area contributed by atoms with E-state index in [0.29, 0.717) is 30.4 Å². The largest absolute Gasteiger partial charge is 0.369 e. The number of hydrogen-bond acceptors (Lipinski definition) is 3. The van der Waals surface area contributed by atoms with Crippen molar-refractivity contribution in [1.82, 2.24) is 0 Å². The van der Waals surface area contributed by atoms with Gasteiger partial charge in [0.1, 0.15) is 0 Å². The summed E-state index contributed by atoms with van der Waals surface area (Å²) in [5.41, 5.74) is 1.83. The Labute approximate surface area is 118 Å². The molecule has 1 aliphatic rings. The first-order valence-corrected chi connectivity index (χ1v) is 8.55. The van der Waals surface area contributed by atoms with E-state index < -0.39 is 9.84 Å². The van der Waals surface area contributed by atoms with Crippen LogP contribution in [0.5, 0.6) is 0 Å². The van der Waals surface area contributed by atoms with Crippen LogP contribution in [-0.2, 0) is 15.7 Å². The number of para-hydroxylation sites is 1. The average Bonchev–Trinajstić information content (AvgIpc) is 2.50. The molecule has 0 unspecified atom stereocenters. The molecule has 3 nitrogen and oxygen atoms in total. The van der Waals surface area contributed by atoms with Crippen LogP contribution >= 0.6 is 23.2 Å². The summed E-state index contributed by atoms with van der Waals surface area (Å²) in [5.74, 6) is 0.809. The fourth-order valence-electron chi connectivity index (χ4n) is 2.18. The monoisotopic (exact) mass is 307 g/mol. The van der Waals surface area contributed by atoms with Gasteiger partial charge in [-0.05, 0) is 18.1 Å².